The van der Waals surface area contributed by atoms with Crippen LogP contribution in [0.15, 0.2) is 18.2 Å². The van der Waals surface area contributed by atoms with Crippen LogP contribution in [0.25, 0.3) is 10.9 Å². The maximum atomic E-state index is 12.7. The van der Waals surface area contributed by atoms with Crippen molar-refractivity contribution in [2.45, 2.75) is 37.8 Å². The molecule has 1 saturated heterocycles. The number of nitrogens with one attached hydrogen (secondary N) is 2. The molecule has 2 aromatic rings. The predicted molar refractivity (Wildman–Crippen MR) is 92.3 cm³/mol. The molecule has 1 aromatic carbocycles. The van der Waals surface area contributed by atoms with E-state index in [0.29, 0.717) is 17.7 Å². The minimum absolute atomic E-state index is 0.0965. The van der Waals surface area contributed by atoms with Gasteiger partial charge in [-0.25, -0.2) is 0 Å². The zero-order valence-electron chi connectivity index (χ0n) is 14.2. The molecule has 4 rings (SSSR count). The van der Waals surface area contributed by atoms with Crippen LogP contribution in [0.5, 0.6) is 5.75 Å². The number of likely N-dealkylation sites (tertiary alicyclic amines) is 1. The standard InChI is InChI=1S/C18H24N4O2/c1-22-7-3-4-11-8-12(9-16(11)22)19-18(23)17-14-10-13(24-2)5-6-15(14)20-21-17/h5-6,10-12,16H,3-4,7-9H2,1-2H3,(H,19,23)(H,20,21). The summed E-state index contributed by atoms with van der Waals surface area (Å²) in [7, 11) is 3.83. The second-order valence-corrected chi connectivity index (χ2v) is 7.08. The summed E-state index contributed by atoms with van der Waals surface area (Å²) in [6, 6.07) is 6.46. The highest BCUT2D eigenvalue weighted by atomic mass is 16.5. The molecule has 3 atom stereocenters. The number of H-pyrrole nitrogens is 1. The van der Waals surface area contributed by atoms with Gasteiger partial charge in [-0.3, -0.25) is 9.89 Å². The van der Waals surface area contributed by atoms with Crippen LogP contribution in [-0.2, 0) is 0 Å². The summed E-state index contributed by atoms with van der Waals surface area (Å²) in [5.74, 6) is 1.34. The Morgan fingerprint density at radius 3 is 3.08 bits per heavy atom. The Kier molecular flexibility index (Phi) is 3.92. The van der Waals surface area contributed by atoms with E-state index < -0.39 is 0 Å². The van der Waals surface area contributed by atoms with Gasteiger partial charge in [0.05, 0.1) is 12.6 Å². The highest BCUT2D eigenvalue weighted by Gasteiger charge is 2.39. The fourth-order valence-electron chi connectivity index (χ4n) is 4.39. The van der Waals surface area contributed by atoms with Crippen LogP contribution in [0.1, 0.15) is 36.2 Å². The number of hydrogen-bond donors (Lipinski definition) is 2. The maximum Gasteiger partial charge on any atom is 0.272 e. The van der Waals surface area contributed by atoms with Gasteiger partial charge < -0.3 is 15.0 Å². The van der Waals surface area contributed by atoms with E-state index in [-0.39, 0.29) is 11.9 Å². The van der Waals surface area contributed by atoms with Crippen LogP contribution < -0.4 is 10.1 Å². The Morgan fingerprint density at radius 2 is 2.29 bits per heavy atom. The number of hydrogen-bond acceptors (Lipinski definition) is 4. The van der Waals surface area contributed by atoms with Crippen LogP contribution >= 0.6 is 0 Å². The van der Waals surface area contributed by atoms with Crippen molar-refractivity contribution in [2.75, 3.05) is 20.7 Å². The second kappa shape index (κ2) is 6.09. The Balaban J connectivity index is 1.51. The number of piperidine rings is 1. The molecule has 6 nitrogen and oxygen atoms in total. The number of fused-ring (bicyclic) bond motifs is 2. The minimum Gasteiger partial charge on any atom is -0.497 e. The summed E-state index contributed by atoms with van der Waals surface area (Å²) in [4.78, 5) is 15.2. The summed E-state index contributed by atoms with van der Waals surface area (Å²) in [5, 5.41) is 11.1. The average molecular weight is 328 g/mol. The molecule has 24 heavy (non-hydrogen) atoms. The fraction of sp³-hybridized carbons (Fsp3) is 0.556. The van der Waals surface area contributed by atoms with Gasteiger partial charge in [0.2, 0.25) is 0 Å². The number of benzene rings is 1. The molecule has 1 saturated carbocycles. The van der Waals surface area contributed by atoms with Gasteiger partial charge in [0, 0.05) is 17.5 Å². The van der Waals surface area contributed by atoms with Crippen LogP contribution in [0.4, 0.5) is 0 Å². The molecule has 1 aliphatic carbocycles. The molecule has 2 aliphatic rings. The summed E-state index contributed by atoms with van der Waals surface area (Å²) in [5.41, 5.74) is 1.30. The number of rotatable bonds is 3. The molecule has 0 bridgehead atoms. The van der Waals surface area contributed by atoms with Crippen molar-refractivity contribution in [1.29, 1.82) is 0 Å². The molecule has 0 spiro atoms. The number of aromatic amines is 1. The van der Waals surface area contributed by atoms with E-state index >= 15 is 0 Å². The van der Waals surface area contributed by atoms with Crippen LogP contribution in [0.3, 0.4) is 0 Å². The first-order chi connectivity index (χ1) is 11.7. The highest BCUT2D eigenvalue weighted by molar-refractivity contribution is 6.05. The SMILES string of the molecule is COc1ccc2[nH]nc(C(=O)NC3CC4CCCN(C)C4C3)c2c1. The number of carbonyl (C=O) groups is 1. The number of ether oxygens (including phenoxy) is 1. The van der Waals surface area contributed by atoms with Crippen molar-refractivity contribution in [2.24, 2.45) is 5.92 Å². The quantitative estimate of drug-likeness (QED) is 0.906. The van der Waals surface area contributed by atoms with Gasteiger partial charge in [0.1, 0.15) is 5.75 Å². The third-order valence-electron chi connectivity index (χ3n) is 5.63. The number of amides is 1. The highest BCUT2D eigenvalue weighted by Crippen LogP contribution is 2.36. The molecule has 1 amide bonds. The van der Waals surface area contributed by atoms with Crippen molar-refractivity contribution < 1.29 is 9.53 Å². The summed E-state index contributed by atoms with van der Waals surface area (Å²) in [6.07, 6.45) is 4.66. The Bertz CT molecular complexity index is 757. The molecule has 6 heteroatoms. The first-order valence-electron chi connectivity index (χ1n) is 8.69. The van der Waals surface area contributed by atoms with Crippen molar-refractivity contribution >= 4 is 16.8 Å². The van der Waals surface area contributed by atoms with E-state index in [2.05, 4.69) is 27.5 Å². The topological polar surface area (TPSA) is 70.2 Å². The van der Waals surface area contributed by atoms with E-state index in [1.807, 2.05) is 18.2 Å². The van der Waals surface area contributed by atoms with Crippen molar-refractivity contribution in [3.8, 4) is 5.75 Å². The molecule has 2 heterocycles. The lowest BCUT2D eigenvalue weighted by Crippen LogP contribution is -2.40. The smallest absolute Gasteiger partial charge is 0.272 e. The molecular weight excluding hydrogens is 304 g/mol. The van der Waals surface area contributed by atoms with E-state index in [0.717, 1.165) is 29.5 Å². The molecule has 1 aliphatic heterocycles. The normalized spacial score (nSPS) is 27.2. The predicted octanol–water partition coefficient (Wildman–Crippen LogP) is 2.17. The molecule has 2 N–H and O–H groups in total. The van der Waals surface area contributed by atoms with Gasteiger partial charge in [0.15, 0.2) is 5.69 Å². The lowest BCUT2D eigenvalue weighted by atomic mass is 9.92. The zero-order chi connectivity index (χ0) is 16.7. The third kappa shape index (κ3) is 2.65. The van der Waals surface area contributed by atoms with Crippen LogP contribution in [0.2, 0.25) is 0 Å². The van der Waals surface area contributed by atoms with E-state index in [1.165, 1.54) is 19.4 Å². The van der Waals surface area contributed by atoms with Crippen LogP contribution in [0, 0.1) is 5.92 Å². The van der Waals surface area contributed by atoms with Crippen molar-refractivity contribution in [3.63, 3.8) is 0 Å². The van der Waals surface area contributed by atoms with E-state index in [4.69, 9.17) is 4.74 Å². The average Bonchev–Trinajstić information content (AvgIpc) is 3.18. The van der Waals surface area contributed by atoms with Gasteiger partial charge in [-0.15, -0.1) is 0 Å². The van der Waals surface area contributed by atoms with Gasteiger partial charge in [-0.05, 0) is 63.4 Å². The van der Waals surface area contributed by atoms with Gasteiger partial charge in [0.25, 0.3) is 5.91 Å². The monoisotopic (exact) mass is 328 g/mol. The maximum absolute atomic E-state index is 12.7. The molecule has 3 unspecified atom stereocenters. The molecular formula is C18H24N4O2. The largest absolute Gasteiger partial charge is 0.497 e. The molecule has 0 radical (unpaired) electrons. The third-order valence-corrected chi connectivity index (χ3v) is 5.63. The second-order valence-electron chi connectivity index (χ2n) is 7.08. The summed E-state index contributed by atoms with van der Waals surface area (Å²) < 4.78 is 5.26. The van der Waals surface area contributed by atoms with Gasteiger partial charge >= 0.3 is 0 Å². The molecule has 128 valence electrons. The van der Waals surface area contributed by atoms with Gasteiger partial charge in [-0.1, -0.05) is 0 Å². The van der Waals surface area contributed by atoms with Crippen molar-refractivity contribution in [1.82, 2.24) is 20.4 Å². The van der Waals surface area contributed by atoms with Crippen LogP contribution in [-0.4, -0.2) is 53.8 Å². The lowest BCUT2D eigenvalue weighted by molar-refractivity contribution is 0.0932. The summed E-state index contributed by atoms with van der Waals surface area (Å²) >= 11 is 0. The van der Waals surface area contributed by atoms with E-state index in [1.54, 1.807) is 7.11 Å². The Labute approximate surface area is 141 Å². The Morgan fingerprint density at radius 1 is 1.42 bits per heavy atom. The number of methoxy groups -OCH3 is 1. The minimum atomic E-state index is -0.0965. The summed E-state index contributed by atoms with van der Waals surface area (Å²) in [6.45, 7) is 1.17. The first kappa shape index (κ1) is 15.4. The number of nitrogens with zero attached hydrogens (tertiary/aromatic N) is 2. The Hall–Kier alpha value is -2.08. The molecule has 2 fully saturated rings. The first-order valence-corrected chi connectivity index (χ1v) is 8.69. The lowest BCUT2D eigenvalue weighted by Gasteiger charge is -2.34. The zero-order valence-corrected chi connectivity index (χ0v) is 14.2. The molecule has 1 aromatic heterocycles. The van der Waals surface area contributed by atoms with Gasteiger partial charge in [-0.2, -0.15) is 5.10 Å². The fourth-order valence-corrected chi connectivity index (χ4v) is 4.39. The number of aromatic nitrogens is 2. The van der Waals surface area contributed by atoms with E-state index in [9.17, 15) is 4.79 Å². The van der Waals surface area contributed by atoms with Crippen molar-refractivity contribution in [3.05, 3.63) is 23.9 Å². The number of carbonyl (C=O) groups excluding carboxylic acids is 1.